The first-order chi connectivity index (χ1) is 7.42. The van der Waals surface area contributed by atoms with Crippen LogP contribution in [0.2, 0.25) is 0 Å². The van der Waals surface area contributed by atoms with Crippen LogP contribution in [0.5, 0.6) is 0 Å². The van der Waals surface area contributed by atoms with Gasteiger partial charge in [0.15, 0.2) is 0 Å². The highest BCUT2D eigenvalue weighted by atomic mass is 35.5. The van der Waals surface area contributed by atoms with Crippen LogP contribution in [0.4, 0.5) is 0 Å². The van der Waals surface area contributed by atoms with Crippen LogP contribution >= 0.6 is 11.6 Å². The summed E-state index contributed by atoms with van der Waals surface area (Å²) in [4.78, 5) is 11.8. The van der Waals surface area contributed by atoms with E-state index in [4.69, 9.17) is 11.6 Å². The van der Waals surface area contributed by atoms with E-state index in [1.165, 1.54) is 12.8 Å². The molecule has 0 aromatic rings. The fraction of sp³-hybridized carbons (Fsp3) is 0.923. The number of hydrogen-bond acceptors (Lipinski definition) is 1. The smallest absolute Gasteiger partial charge is 0.220 e. The fourth-order valence-electron chi connectivity index (χ4n) is 2.32. The van der Waals surface area contributed by atoms with Crippen molar-refractivity contribution in [1.29, 1.82) is 0 Å². The highest BCUT2D eigenvalue weighted by Gasteiger charge is 2.26. The molecule has 2 unspecified atom stereocenters. The number of halogens is 1. The molecule has 2 nitrogen and oxygen atoms in total. The van der Waals surface area contributed by atoms with Crippen LogP contribution in [-0.2, 0) is 4.79 Å². The highest BCUT2D eigenvalue weighted by molar-refractivity contribution is 6.18. The second-order valence-electron chi connectivity index (χ2n) is 6.11. The van der Waals surface area contributed by atoms with Crippen molar-refractivity contribution in [2.75, 3.05) is 5.88 Å². The maximum absolute atomic E-state index is 11.8. The van der Waals surface area contributed by atoms with Crippen LogP contribution in [0.25, 0.3) is 0 Å². The zero-order valence-electron chi connectivity index (χ0n) is 10.7. The quantitative estimate of drug-likeness (QED) is 0.760. The molecule has 3 heteroatoms. The van der Waals surface area contributed by atoms with Gasteiger partial charge < -0.3 is 5.32 Å². The molecule has 1 saturated carbocycles. The van der Waals surface area contributed by atoms with Crippen molar-refractivity contribution in [3.05, 3.63) is 0 Å². The zero-order chi connectivity index (χ0) is 12.2. The van der Waals surface area contributed by atoms with Crippen LogP contribution < -0.4 is 5.32 Å². The molecule has 0 spiro atoms. The van der Waals surface area contributed by atoms with E-state index in [0.29, 0.717) is 24.3 Å². The van der Waals surface area contributed by atoms with Gasteiger partial charge in [-0.05, 0) is 24.2 Å². The number of alkyl halides is 1. The van der Waals surface area contributed by atoms with Gasteiger partial charge in [0.2, 0.25) is 5.91 Å². The van der Waals surface area contributed by atoms with Crippen molar-refractivity contribution in [3.8, 4) is 0 Å². The summed E-state index contributed by atoms with van der Waals surface area (Å²) in [5, 5.41) is 3.15. The van der Waals surface area contributed by atoms with Gasteiger partial charge in [0, 0.05) is 18.3 Å². The predicted molar refractivity (Wildman–Crippen MR) is 68.7 cm³/mol. The Kier molecular flexibility index (Phi) is 5.10. The number of nitrogens with one attached hydrogen (secondary N) is 1. The maximum Gasteiger partial charge on any atom is 0.220 e. The summed E-state index contributed by atoms with van der Waals surface area (Å²) in [5.74, 6) is 1.31. The lowest BCUT2D eigenvalue weighted by atomic mass is 9.85. The van der Waals surface area contributed by atoms with Crippen molar-refractivity contribution in [3.63, 3.8) is 0 Å². The van der Waals surface area contributed by atoms with Crippen LogP contribution in [0.3, 0.4) is 0 Å². The summed E-state index contributed by atoms with van der Waals surface area (Å²) >= 11 is 5.94. The van der Waals surface area contributed by atoms with Gasteiger partial charge in [0.25, 0.3) is 0 Å². The summed E-state index contributed by atoms with van der Waals surface area (Å²) in [6.07, 6.45) is 5.31. The Balaban J connectivity index is 2.42. The number of carbonyl (C=O) groups is 1. The molecule has 1 amide bonds. The lowest BCUT2D eigenvalue weighted by Crippen LogP contribution is -2.43. The monoisotopic (exact) mass is 245 g/mol. The Morgan fingerprint density at radius 1 is 1.31 bits per heavy atom. The van der Waals surface area contributed by atoms with Gasteiger partial charge in [-0.25, -0.2) is 0 Å². The van der Waals surface area contributed by atoms with E-state index >= 15 is 0 Å². The third-order valence-electron chi connectivity index (χ3n) is 3.14. The average Bonchev–Trinajstić information content (AvgIpc) is 2.15. The first kappa shape index (κ1) is 13.8. The number of rotatable bonds is 3. The summed E-state index contributed by atoms with van der Waals surface area (Å²) < 4.78 is 0. The SMILES string of the molecule is CC(C)(C)CC(=O)NC1CCCCC1CCl. The Morgan fingerprint density at radius 3 is 2.50 bits per heavy atom. The van der Waals surface area contributed by atoms with E-state index < -0.39 is 0 Å². The molecule has 0 saturated heterocycles. The zero-order valence-corrected chi connectivity index (χ0v) is 11.4. The second kappa shape index (κ2) is 5.90. The molecule has 16 heavy (non-hydrogen) atoms. The summed E-state index contributed by atoms with van der Waals surface area (Å²) in [5.41, 5.74) is 0.0647. The van der Waals surface area contributed by atoms with Gasteiger partial charge in [-0.3, -0.25) is 4.79 Å². The fourth-order valence-corrected chi connectivity index (χ4v) is 2.69. The number of carbonyl (C=O) groups excluding carboxylic acids is 1. The number of amides is 1. The lowest BCUT2D eigenvalue weighted by Gasteiger charge is -2.31. The molecule has 1 rings (SSSR count). The molecule has 2 atom stereocenters. The van der Waals surface area contributed by atoms with E-state index in [9.17, 15) is 4.79 Å². The molecule has 0 aromatic heterocycles. The van der Waals surface area contributed by atoms with E-state index in [0.717, 1.165) is 12.8 Å². The number of hydrogen-bond donors (Lipinski definition) is 1. The van der Waals surface area contributed by atoms with Crippen LogP contribution in [-0.4, -0.2) is 17.8 Å². The second-order valence-corrected chi connectivity index (χ2v) is 6.42. The molecule has 1 aliphatic carbocycles. The standard InChI is InChI=1S/C13H24ClNO/c1-13(2,3)8-12(16)15-11-7-5-4-6-10(11)9-14/h10-11H,4-9H2,1-3H3,(H,15,16). The minimum absolute atomic E-state index is 0.0647. The minimum Gasteiger partial charge on any atom is -0.353 e. The summed E-state index contributed by atoms with van der Waals surface area (Å²) in [6, 6.07) is 0.307. The van der Waals surface area contributed by atoms with Crippen LogP contribution in [0.1, 0.15) is 52.9 Å². The molecule has 0 radical (unpaired) electrons. The van der Waals surface area contributed by atoms with Gasteiger partial charge in [-0.2, -0.15) is 0 Å². The molecule has 1 fully saturated rings. The van der Waals surface area contributed by atoms with Crippen molar-refractivity contribution in [2.45, 2.75) is 58.9 Å². The third kappa shape index (κ3) is 4.73. The Bertz CT molecular complexity index is 235. The van der Waals surface area contributed by atoms with E-state index in [1.807, 2.05) is 0 Å². The van der Waals surface area contributed by atoms with Gasteiger partial charge in [0.05, 0.1) is 0 Å². The molecular formula is C13H24ClNO. The maximum atomic E-state index is 11.8. The van der Waals surface area contributed by atoms with Gasteiger partial charge >= 0.3 is 0 Å². The van der Waals surface area contributed by atoms with Crippen molar-refractivity contribution >= 4 is 17.5 Å². The van der Waals surface area contributed by atoms with Crippen molar-refractivity contribution < 1.29 is 4.79 Å². The minimum atomic E-state index is 0.0647. The molecule has 1 N–H and O–H groups in total. The largest absolute Gasteiger partial charge is 0.353 e. The molecule has 0 bridgehead atoms. The van der Waals surface area contributed by atoms with Gasteiger partial charge in [-0.1, -0.05) is 33.6 Å². The summed E-state index contributed by atoms with van der Waals surface area (Å²) in [6.45, 7) is 6.27. The van der Waals surface area contributed by atoms with E-state index in [-0.39, 0.29) is 11.3 Å². The first-order valence-corrected chi connectivity index (χ1v) is 6.81. The van der Waals surface area contributed by atoms with Crippen LogP contribution in [0, 0.1) is 11.3 Å². The molecule has 1 aliphatic rings. The van der Waals surface area contributed by atoms with E-state index in [1.54, 1.807) is 0 Å². The highest BCUT2D eigenvalue weighted by Crippen LogP contribution is 2.26. The normalized spacial score (nSPS) is 26.5. The molecular weight excluding hydrogens is 222 g/mol. The van der Waals surface area contributed by atoms with E-state index in [2.05, 4.69) is 26.1 Å². The average molecular weight is 246 g/mol. The third-order valence-corrected chi connectivity index (χ3v) is 3.54. The Labute approximate surface area is 104 Å². The Hall–Kier alpha value is -0.240. The Morgan fingerprint density at radius 2 is 1.94 bits per heavy atom. The first-order valence-electron chi connectivity index (χ1n) is 6.28. The van der Waals surface area contributed by atoms with Crippen molar-refractivity contribution in [1.82, 2.24) is 5.32 Å². The summed E-state index contributed by atoms with van der Waals surface area (Å²) in [7, 11) is 0. The molecule has 0 heterocycles. The lowest BCUT2D eigenvalue weighted by molar-refractivity contribution is -0.124. The topological polar surface area (TPSA) is 29.1 Å². The molecule has 94 valence electrons. The van der Waals surface area contributed by atoms with Gasteiger partial charge in [0.1, 0.15) is 0 Å². The molecule has 0 aliphatic heterocycles. The van der Waals surface area contributed by atoms with Gasteiger partial charge in [-0.15, -0.1) is 11.6 Å². The van der Waals surface area contributed by atoms with Crippen LogP contribution in [0.15, 0.2) is 0 Å². The van der Waals surface area contributed by atoms with Crippen molar-refractivity contribution in [2.24, 2.45) is 11.3 Å². The molecule has 0 aromatic carbocycles. The predicted octanol–water partition coefficient (Wildman–Crippen LogP) is 3.34.